The zero-order valence-electron chi connectivity index (χ0n) is 21.0. The van der Waals surface area contributed by atoms with Crippen LogP contribution >= 0.6 is 11.6 Å². The van der Waals surface area contributed by atoms with E-state index >= 15 is 0 Å². The molecule has 10 heteroatoms. The Kier molecular flexibility index (Phi) is 8.29. The summed E-state index contributed by atoms with van der Waals surface area (Å²) in [5.41, 5.74) is 1.52. The van der Waals surface area contributed by atoms with Crippen molar-refractivity contribution in [1.29, 1.82) is 0 Å². The lowest BCUT2D eigenvalue weighted by Gasteiger charge is -2.21. The third kappa shape index (κ3) is 6.68. The van der Waals surface area contributed by atoms with Gasteiger partial charge in [0.1, 0.15) is 11.5 Å². The summed E-state index contributed by atoms with van der Waals surface area (Å²) in [5, 5.41) is 3.76. The number of hydrogen-bond acceptors (Lipinski definition) is 7. The number of nitrogens with one attached hydrogen (secondary N) is 1. The van der Waals surface area contributed by atoms with Gasteiger partial charge in [-0.1, -0.05) is 23.7 Å². The Hall–Kier alpha value is -4.08. The maximum atomic E-state index is 13.9. The van der Waals surface area contributed by atoms with Gasteiger partial charge in [-0.05, 0) is 66.9 Å². The summed E-state index contributed by atoms with van der Waals surface area (Å²) in [6.45, 7) is 1.34. The second-order valence-electron chi connectivity index (χ2n) is 9.20. The highest BCUT2D eigenvalue weighted by molar-refractivity contribution is 6.30. The van der Waals surface area contributed by atoms with Gasteiger partial charge >= 0.3 is 0 Å². The van der Waals surface area contributed by atoms with Gasteiger partial charge in [-0.15, -0.1) is 0 Å². The monoisotopic (exact) mass is 548 g/mol. The van der Waals surface area contributed by atoms with Crippen molar-refractivity contribution in [2.45, 2.75) is 25.8 Å². The predicted octanol–water partition coefficient (Wildman–Crippen LogP) is 5.55. The van der Waals surface area contributed by atoms with Crippen LogP contribution in [0.25, 0.3) is 0 Å². The Morgan fingerprint density at radius 3 is 2.54 bits per heavy atom. The fourth-order valence-corrected chi connectivity index (χ4v) is 4.44. The fraction of sp³-hybridized carbons (Fsp3) is 0.241. The Balaban J connectivity index is 1.39. The van der Waals surface area contributed by atoms with Crippen LogP contribution in [-0.4, -0.2) is 33.5 Å². The van der Waals surface area contributed by atoms with E-state index < -0.39 is 5.82 Å². The van der Waals surface area contributed by atoms with Crippen LogP contribution in [0.2, 0.25) is 5.02 Å². The van der Waals surface area contributed by atoms with Gasteiger partial charge in [0.05, 0.1) is 6.54 Å². The van der Waals surface area contributed by atoms with E-state index in [9.17, 15) is 14.0 Å². The van der Waals surface area contributed by atoms with Gasteiger partial charge in [0, 0.05) is 54.2 Å². The molecule has 2 aromatic heterocycles. The summed E-state index contributed by atoms with van der Waals surface area (Å²) in [7, 11) is 0. The van der Waals surface area contributed by atoms with Crippen molar-refractivity contribution in [3.63, 3.8) is 0 Å². The number of ether oxygens (including phenoxy) is 2. The SMILES string of the molecule is O=C(Cc1cnc(Nc2ccc(Oc3ncccc3F)cc2)n(Cc2ccc(Cl)cc2)c1=O)C1CCOCC1. The first-order valence-corrected chi connectivity index (χ1v) is 12.9. The largest absolute Gasteiger partial charge is 0.436 e. The summed E-state index contributed by atoms with van der Waals surface area (Å²) in [4.78, 5) is 34.9. The molecule has 0 bridgehead atoms. The van der Waals surface area contributed by atoms with E-state index in [2.05, 4.69) is 15.3 Å². The predicted molar refractivity (Wildman–Crippen MR) is 145 cm³/mol. The van der Waals surface area contributed by atoms with Crippen molar-refractivity contribution >= 4 is 29.0 Å². The molecular formula is C29H26ClFN4O4. The number of Topliss-reactive ketones (excluding diaryl/α,β-unsaturated/α-hetero) is 1. The lowest BCUT2D eigenvalue weighted by molar-refractivity contribution is -0.125. The molecule has 0 unspecified atom stereocenters. The zero-order valence-corrected chi connectivity index (χ0v) is 21.7. The van der Waals surface area contributed by atoms with E-state index in [4.69, 9.17) is 21.1 Å². The molecule has 1 aliphatic heterocycles. The van der Waals surface area contributed by atoms with Crippen LogP contribution in [0.15, 0.2) is 77.9 Å². The molecule has 0 spiro atoms. The number of pyridine rings is 1. The third-order valence-corrected chi connectivity index (χ3v) is 6.72. The van der Waals surface area contributed by atoms with Gasteiger partial charge in [-0.3, -0.25) is 14.2 Å². The van der Waals surface area contributed by atoms with E-state index in [1.807, 2.05) is 12.1 Å². The van der Waals surface area contributed by atoms with Gasteiger partial charge in [0.25, 0.3) is 11.4 Å². The topological polar surface area (TPSA) is 95.3 Å². The number of ketones is 1. The summed E-state index contributed by atoms with van der Waals surface area (Å²) < 4.78 is 26.2. The first-order chi connectivity index (χ1) is 19.0. The number of benzene rings is 2. The molecule has 3 heterocycles. The molecule has 8 nitrogen and oxygen atoms in total. The molecule has 1 aliphatic rings. The van der Waals surface area contributed by atoms with Crippen molar-refractivity contribution in [3.05, 3.63) is 105 Å². The number of carbonyl (C=O) groups is 1. The van der Waals surface area contributed by atoms with Crippen molar-refractivity contribution in [2.24, 2.45) is 5.92 Å². The highest BCUT2D eigenvalue weighted by Crippen LogP contribution is 2.25. The molecule has 0 amide bonds. The van der Waals surface area contributed by atoms with Crippen molar-refractivity contribution < 1.29 is 18.7 Å². The number of nitrogens with zero attached hydrogens (tertiary/aromatic N) is 3. The van der Waals surface area contributed by atoms with Crippen LogP contribution < -0.4 is 15.6 Å². The van der Waals surface area contributed by atoms with Crippen molar-refractivity contribution in [2.75, 3.05) is 18.5 Å². The number of aromatic nitrogens is 3. The molecule has 1 N–H and O–H groups in total. The molecule has 0 aliphatic carbocycles. The Morgan fingerprint density at radius 2 is 1.82 bits per heavy atom. The fourth-order valence-electron chi connectivity index (χ4n) is 4.32. The molecule has 39 heavy (non-hydrogen) atoms. The molecular weight excluding hydrogens is 523 g/mol. The van der Waals surface area contributed by atoms with Crippen LogP contribution in [-0.2, 0) is 22.5 Å². The minimum absolute atomic E-state index is 0.0213. The first-order valence-electron chi connectivity index (χ1n) is 12.6. The lowest BCUT2D eigenvalue weighted by Crippen LogP contribution is -2.31. The minimum Gasteiger partial charge on any atom is -0.436 e. The maximum Gasteiger partial charge on any atom is 0.258 e. The van der Waals surface area contributed by atoms with Gasteiger partial charge < -0.3 is 14.8 Å². The molecule has 1 saturated heterocycles. The third-order valence-electron chi connectivity index (χ3n) is 6.46. The van der Waals surface area contributed by atoms with Crippen LogP contribution in [0.5, 0.6) is 11.6 Å². The second kappa shape index (κ2) is 12.2. The number of anilines is 2. The van der Waals surface area contributed by atoms with E-state index in [-0.39, 0.29) is 36.1 Å². The molecule has 1 fully saturated rings. The standard InChI is InChI=1S/C29H26ClFN4O4/c30-22-5-3-19(4-6-22)18-35-28(37)21(16-26(36)20-11-14-38-15-12-20)17-33-29(35)34-23-7-9-24(10-8-23)39-27-25(31)2-1-13-32-27/h1-10,13,17,20H,11-12,14-16,18H2,(H,33,34). The average molecular weight is 549 g/mol. The van der Waals surface area contributed by atoms with Gasteiger partial charge in [0.2, 0.25) is 5.95 Å². The summed E-state index contributed by atoms with van der Waals surface area (Å²) in [5.74, 6) is -0.0711. The first kappa shape index (κ1) is 26.5. The lowest BCUT2D eigenvalue weighted by atomic mass is 9.92. The van der Waals surface area contributed by atoms with E-state index in [0.29, 0.717) is 54.0 Å². The molecule has 0 atom stereocenters. The summed E-state index contributed by atoms with van der Waals surface area (Å²) in [6, 6.07) is 16.7. The second-order valence-corrected chi connectivity index (χ2v) is 9.63. The zero-order chi connectivity index (χ0) is 27.2. The van der Waals surface area contributed by atoms with E-state index in [0.717, 1.165) is 5.56 Å². The molecule has 2 aromatic carbocycles. The summed E-state index contributed by atoms with van der Waals surface area (Å²) >= 11 is 6.04. The van der Waals surface area contributed by atoms with Crippen LogP contribution in [0, 0.1) is 11.7 Å². The normalized spacial score (nSPS) is 13.7. The van der Waals surface area contributed by atoms with E-state index in [1.165, 1.54) is 29.1 Å². The number of rotatable bonds is 9. The molecule has 4 aromatic rings. The van der Waals surface area contributed by atoms with Crippen molar-refractivity contribution in [1.82, 2.24) is 14.5 Å². The average Bonchev–Trinajstić information content (AvgIpc) is 2.96. The van der Waals surface area contributed by atoms with Crippen LogP contribution in [0.3, 0.4) is 0 Å². The van der Waals surface area contributed by atoms with E-state index in [1.54, 1.807) is 36.4 Å². The maximum absolute atomic E-state index is 13.9. The Morgan fingerprint density at radius 1 is 1.08 bits per heavy atom. The Bertz CT molecular complexity index is 1500. The van der Waals surface area contributed by atoms with Crippen LogP contribution in [0.4, 0.5) is 16.0 Å². The smallest absolute Gasteiger partial charge is 0.258 e. The van der Waals surface area contributed by atoms with Crippen LogP contribution in [0.1, 0.15) is 24.0 Å². The molecule has 200 valence electrons. The molecule has 5 rings (SSSR count). The Labute approximate surface area is 229 Å². The van der Waals surface area contributed by atoms with Crippen molar-refractivity contribution in [3.8, 4) is 11.6 Å². The van der Waals surface area contributed by atoms with Gasteiger partial charge in [0.15, 0.2) is 5.82 Å². The number of hydrogen-bond donors (Lipinski definition) is 1. The molecule has 0 saturated carbocycles. The number of carbonyl (C=O) groups excluding carboxylic acids is 1. The number of halogens is 2. The minimum atomic E-state index is -0.564. The summed E-state index contributed by atoms with van der Waals surface area (Å²) in [6.07, 6.45) is 4.25. The highest BCUT2D eigenvalue weighted by atomic mass is 35.5. The van der Waals surface area contributed by atoms with Gasteiger partial charge in [-0.25, -0.2) is 14.4 Å². The molecule has 0 radical (unpaired) electrons. The quantitative estimate of drug-likeness (QED) is 0.293. The van der Waals surface area contributed by atoms with Gasteiger partial charge in [-0.2, -0.15) is 0 Å². The highest BCUT2D eigenvalue weighted by Gasteiger charge is 2.23.